The van der Waals surface area contributed by atoms with E-state index in [0.717, 1.165) is 18.4 Å². The third-order valence-corrected chi connectivity index (χ3v) is 3.19. The van der Waals surface area contributed by atoms with Crippen LogP contribution in [-0.2, 0) is 17.9 Å². The second-order valence-corrected chi connectivity index (χ2v) is 4.75. The number of hydrogen-bond donors (Lipinski definition) is 0. The average Bonchev–Trinajstić information content (AvgIpc) is 3.15. The van der Waals surface area contributed by atoms with Gasteiger partial charge >= 0.3 is 0 Å². The molecule has 0 radical (unpaired) electrons. The highest BCUT2D eigenvalue weighted by molar-refractivity contribution is 5.76. The van der Waals surface area contributed by atoms with Crippen LogP contribution in [0.1, 0.15) is 18.4 Å². The molecule has 1 aromatic carbocycles. The van der Waals surface area contributed by atoms with Crippen LogP contribution in [0.2, 0.25) is 0 Å². The van der Waals surface area contributed by atoms with Crippen LogP contribution in [0.5, 0.6) is 0 Å². The number of carbonyl (C=O) groups excluding carboxylic acids is 1. The fourth-order valence-electron chi connectivity index (χ4n) is 2.07. The summed E-state index contributed by atoms with van der Waals surface area (Å²) in [4.78, 5) is 14.2. The van der Waals surface area contributed by atoms with Gasteiger partial charge in [0.2, 0.25) is 5.91 Å². The molecule has 0 spiro atoms. The minimum absolute atomic E-state index is 0.0682. The summed E-state index contributed by atoms with van der Waals surface area (Å²) in [7, 11) is 0. The first kappa shape index (κ1) is 11.8. The van der Waals surface area contributed by atoms with Crippen molar-refractivity contribution < 1.29 is 4.79 Å². The summed E-state index contributed by atoms with van der Waals surface area (Å²) < 4.78 is 1.46. The van der Waals surface area contributed by atoms with Crippen LogP contribution in [0, 0.1) is 0 Å². The molecule has 1 saturated carbocycles. The molecule has 2 aromatic rings. The van der Waals surface area contributed by atoms with Gasteiger partial charge in [-0.3, -0.25) is 4.79 Å². The van der Waals surface area contributed by atoms with Gasteiger partial charge in [-0.25, -0.2) is 4.68 Å². The van der Waals surface area contributed by atoms with Gasteiger partial charge in [0.05, 0.1) is 0 Å². The Labute approximate surface area is 111 Å². The lowest BCUT2D eigenvalue weighted by Crippen LogP contribution is -2.35. The fraction of sp³-hybridized carbons (Fsp3) is 0.385. The molecule has 1 fully saturated rings. The van der Waals surface area contributed by atoms with Gasteiger partial charge in [0.15, 0.2) is 0 Å². The number of aromatic nitrogens is 4. The van der Waals surface area contributed by atoms with E-state index in [0.29, 0.717) is 12.6 Å². The Morgan fingerprint density at radius 1 is 1.32 bits per heavy atom. The van der Waals surface area contributed by atoms with Gasteiger partial charge in [0.1, 0.15) is 12.9 Å². The van der Waals surface area contributed by atoms with Gasteiger partial charge in [-0.05, 0) is 28.8 Å². The van der Waals surface area contributed by atoms with E-state index in [1.54, 1.807) is 0 Å². The molecule has 0 atom stereocenters. The molecule has 0 bridgehead atoms. The largest absolute Gasteiger partial charge is 0.334 e. The molecule has 0 saturated heterocycles. The molecule has 19 heavy (non-hydrogen) atoms. The highest BCUT2D eigenvalue weighted by Crippen LogP contribution is 2.28. The van der Waals surface area contributed by atoms with Crippen LogP contribution in [0.15, 0.2) is 36.7 Å². The van der Waals surface area contributed by atoms with E-state index >= 15 is 0 Å². The molecule has 0 N–H and O–H groups in total. The molecule has 1 heterocycles. The highest BCUT2D eigenvalue weighted by atomic mass is 16.2. The summed E-state index contributed by atoms with van der Waals surface area (Å²) >= 11 is 0. The average molecular weight is 257 g/mol. The molecular formula is C13H15N5O. The second kappa shape index (κ2) is 5.17. The molecular weight excluding hydrogens is 242 g/mol. The van der Waals surface area contributed by atoms with Gasteiger partial charge in [-0.1, -0.05) is 30.3 Å². The lowest BCUT2D eigenvalue weighted by molar-refractivity contribution is -0.133. The van der Waals surface area contributed by atoms with Crippen molar-refractivity contribution >= 4 is 5.91 Å². The normalized spacial score (nSPS) is 14.3. The Morgan fingerprint density at radius 2 is 2.11 bits per heavy atom. The monoisotopic (exact) mass is 257 g/mol. The molecule has 6 heteroatoms. The predicted molar refractivity (Wildman–Crippen MR) is 67.8 cm³/mol. The third-order valence-electron chi connectivity index (χ3n) is 3.19. The Kier molecular flexibility index (Phi) is 3.22. The first-order valence-corrected chi connectivity index (χ1v) is 6.37. The Morgan fingerprint density at radius 3 is 2.74 bits per heavy atom. The van der Waals surface area contributed by atoms with Crippen molar-refractivity contribution in [2.75, 3.05) is 0 Å². The van der Waals surface area contributed by atoms with Crippen molar-refractivity contribution in [3.8, 4) is 0 Å². The van der Waals surface area contributed by atoms with Crippen molar-refractivity contribution in [1.82, 2.24) is 25.1 Å². The SMILES string of the molecule is O=C(Cn1cnnn1)N(Cc1ccccc1)C1CC1. The molecule has 1 aliphatic rings. The number of carbonyl (C=O) groups is 1. The van der Waals surface area contributed by atoms with Crippen LogP contribution >= 0.6 is 0 Å². The van der Waals surface area contributed by atoms with Crippen LogP contribution in [-0.4, -0.2) is 37.1 Å². The van der Waals surface area contributed by atoms with Crippen molar-refractivity contribution in [2.45, 2.75) is 32.0 Å². The van der Waals surface area contributed by atoms with Crippen LogP contribution < -0.4 is 0 Å². The number of hydrogen-bond acceptors (Lipinski definition) is 4. The summed E-state index contributed by atoms with van der Waals surface area (Å²) in [5.41, 5.74) is 1.15. The summed E-state index contributed by atoms with van der Waals surface area (Å²) in [5.74, 6) is 0.0682. The van der Waals surface area contributed by atoms with Gasteiger partial charge in [0, 0.05) is 12.6 Å². The van der Waals surface area contributed by atoms with E-state index in [1.165, 1.54) is 11.0 Å². The topological polar surface area (TPSA) is 63.9 Å². The second-order valence-electron chi connectivity index (χ2n) is 4.75. The number of rotatable bonds is 5. The number of nitrogens with zero attached hydrogens (tertiary/aromatic N) is 5. The minimum Gasteiger partial charge on any atom is -0.334 e. The third kappa shape index (κ3) is 2.96. The zero-order chi connectivity index (χ0) is 13.1. The Balaban J connectivity index is 1.69. The maximum absolute atomic E-state index is 12.3. The van der Waals surface area contributed by atoms with Gasteiger partial charge in [-0.2, -0.15) is 0 Å². The first-order valence-electron chi connectivity index (χ1n) is 6.37. The van der Waals surface area contributed by atoms with E-state index in [9.17, 15) is 4.79 Å². The van der Waals surface area contributed by atoms with Crippen LogP contribution in [0.25, 0.3) is 0 Å². The molecule has 98 valence electrons. The zero-order valence-electron chi connectivity index (χ0n) is 10.5. The maximum atomic E-state index is 12.3. The van der Waals surface area contributed by atoms with Crippen LogP contribution in [0.3, 0.4) is 0 Å². The molecule has 3 rings (SSSR count). The van der Waals surface area contributed by atoms with Gasteiger partial charge in [-0.15, -0.1) is 5.10 Å². The predicted octanol–water partition coefficient (Wildman–Crippen LogP) is 0.864. The number of amides is 1. The molecule has 1 aromatic heterocycles. The van der Waals surface area contributed by atoms with E-state index in [2.05, 4.69) is 15.5 Å². The lowest BCUT2D eigenvalue weighted by atomic mass is 10.2. The van der Waals surface area contributed by atoms with Crippen molar-refractivity contribution in [2.24, 2.45) is 0 Å². The minimum atomic E-state index is 0.0682. The molecule has 0 unspecified atom stereocenters. The van der Waals surface area contributed by atoms with E-state index < -0.39 is 0 Å². The lowest BCUT2D eigenvalue weighted by Gasteiger charge is -2.22. The van der Waals surface area contributed by atoms with E-state index in [1.807, 2.05) is 35.2 Å². The fourth-order valence-corrected chi connectivity index (χ4v) is 2.07. The quantitative estimate of drug-likeness (QED) is 0.797. The highest BCUT2D eigenvalue weighted by Gasteiger charge is 2.32. The van der Waals surface area contributed by atoms with E-state index in [-0.39, 0.29) is 12.5 Å². The summed E-state index contributed by atoms with van der Waals surface area (Å²) in [6.45, 7) is 0.864. The van der Waals surface area contributed by atoms with Gasteiger partial charge in [0.25, 0.3) is 0 Å². The zero-order valence-corrected chi connectivity index (χ0v) is 10.5. The molecule has 0 aliphatic heterocycles. The maximum Gasteiger partial charge on any atom is 0.244 e. The van der Waals surface area contributed by atoms with Gasteiger partial charge < -0.3 is 4.90 Å². The van der Waals surface area contributed by atoms with Crippen LogP contribution in [0.4, 0.5) is 0 Å². The van der Waals surface area contributed by atoms with Crippen molar-refractivity contribution in [1.29, 1.82) is 0 Å². The molecule has 6 nitrogen and oxygen atoms in total. The standard InChI is InChI=1S/C13H15N5O/c19-13(9-17-10-14-15-16-17)18(12-6-7-12)8-11-4-2-1-3-5-11/h1-5,10,12H,6-9H2. The summed E-state index contributed by atoms with van der Waals surface area (Å²) in [6, 6.07) is 10.4. The van der Waals surface area contributed by atoms with Crippen molar-refractivity contribution in [3.63, 3.8) is 0 Å². The Bertz CT molecular complexity index is 535. The summed E-state index contributed by atoms with van der Waals surface area (Å²) in [5, 5.41) is 10.8. The Hall–Kier alpha value is -2.24. The molecule has 1 aliphatic carbocycles. The molecule has 1 amide bonds. The number of tetrazole rings is 1. The summed E-state index contributed by atoms with van der Waals surface area (Å²) in [6.07, 6.45) is 3.65. The first-order chi connectivity index (χ1) is 9.33. The van der Waals surface area contributed by atoms with Crippen molar-refractivity contribution in [3.05, 3.63) is 42.2 Å². The smallest absolute Gasteiger partial charge is 0.244 e. The number of benzene rings is 1. The van der Waals surface area contributed by atoms with E-state index in [4.69, 9.17) is 0 Å².